The van der Waals surface area contributed by atoms with Crippen LogP contribution in [0.1, 0.15) is 31.3 Å². The Bertz CT molecular complexity index is 934. The summed E-state index contributed by atoms with van der Waals surface area (Å²) in [4.78, 5) is 36.4. The predicted molar refractivity (Wildman–Crippen MR) is 107 cm³/mol. The minimum absolute atomic E-state index is 0.292. The van der Waals surface area contributed by atoms with E-state index in [0.717, 1.165) is 10.9 Å². The van der Waals surface area contributed by atoms with Crippen LogP contribution in [0, 0.1) is 5.92 Å². The fourth-order valence-electron chi connectivity index (χ4n) is 3.01. The lowest BCUT2D eigenvalue weighted by atomic mass is 10.0. The molecule has 2 aromatic rings. The van der Waals surface area contributed by atoms with E-state index in [1.165, 1.54) is 14.0 Å². The normalized spacial score (nSPS) is 13.1. The molecule has 0 aliphatic heterocycles. The summed E-state index contributed by atoms with van der Waals surface area (Å²) in [5.74, 6) is -1.31. The van der Waals surface area contributed by atoms with Crippen LogP contribution in [0.5, 0.6) is 11.5 Å². The molecule has 3 N–H and O–H groups in total. The number of aryl methyl sites for hydroxylation is 1. The van der Waals surface area contributed by atoms with Crippen molar-refractivity contribution < 1.29 is 29.0 Å². The van der Waals surface area contributed by atoms with Crippen LogP contribution in [0.3, 0.4) is 0 Å². The van der Waals surface area contributed by atoms with E-state index < -0.39 is 29.9 Å². The Labute approximate surface area is 169 Å². The Morgan fingerprint density at radius 1 is 1.03 bits per heavy atom. The van der Waals surface area contributed by atoms with Crippen LogP contribution in [0.25, 0.3) is 10.9 Å². The number of benzene rings is 1. The van der Waals surface area contributed by atoms with Crippen LogP contribution in [-0.2, 0) is 16.6 Å². The number of carboxylic acid groups (broad SMARTS) is 1. The van der Waals surface area contributed by atoms with Gasteiger partial charge in [-0.1, -0.05) is 13.8 Å². The van der Waals surface area contributed by atoms with Gasteiger partial charge in [-0.05, 0) is 18.9 Å². The van der Waals surface area contributed by atoms with Crippen molar-refractivity contribution in [1.29, 1.82) is 0 Å². The van der Waals surface area contributed by atoms with Crippen LogP contribution < -0.4 is 20.1 Å². The van der Waals surface area contributed by atoms with Crippen molar-refractivity contribution in [2.75, 3.05) is 14.2 Å². The molecule has 158 valence electrons. The minimum Gasteiger partial charge on any atom is -0.497 e. The quantitative estimate of drug-likeness (QED) is 0.613. The van der Waals surface area contributed by atoms with Crippen molar-refractivity contribution in [2.24, 2.45) is 13.0 Å². The molecule has 1 aromatic carbocycles. The molecule has 0 radical (unpaired) electrons. The third kappa shape index (κ3) is 4.61. The second-order valence-electron chi connectivity index (χ2n) is 7.11. The zero-order valence-electron chi connectivity index (χ0n) is 17.4. The number of hydrogen-bond donors (Lipinski definition) is 3. The average Bonchev–Trinajstić information content (AvgIpc) is 3.01. The number of carbonyl (C=O) groups excluding carboxylic acids is 2. The summed E-state index contributed by atoms with van der Waals surface area (Å²) in [6, 6.07) is 3.22. The van der Waals surface area contributed by atoms with Gasteiger partial charge in [-0.3, -0.25) is 9.59 Å². The lowest BCUT2D eigenvalue weighted by Crippen LogP contribution is -2.52. The van der Waals surface area contributed by atoms with E-state index in [9.17, 15) is 19.5 Å². The number of carboxylic acids is 1. The molecular formula is C20H27N3O6. The van der Waals surface area contributed by atoms with Crippen LogP contribution >= 0.6 is 0 Å². The molecule has 9 nitrogen and oxygen atoms in total. The largest absolute Gasteiger partial charge is 0.497 e. The summed E-state index contributed by atoms with van der Waals surface area (Å²) in [5.41, 5.74) is 1.05. The first-order chi connectivity index (χ1) is 13.6. The first kappa shape index (κ1) is 22.1. The summed E-state index contributed by atoms with van der Waals surface area (Å²) in [6.07, 6.45) is 0. The molecule has 2 amide bonds. The number of aliphatic carboxylic acids is 1. The van der Waals surface area contributed by atoms with Gasteiger partial charge in [-0.25, -0.2) is 4.79 Å². The zero-order valence-corrected chi connectivity index (χ0v) is 17.4. The molecule has 9 heteroatoms. The number of nitrogens with one attached hydrogen (secondary N) is 2. The molecule has 1 aromatic heterocycles. The van der Waals surface area contributed by atoms with Gasteiger partial charge in [0.05, 0.1) is 19.7 Å². The van der Waals surface area contributed by atoms with Gasteiger partial charge in [0.1, 0.15) is 29.3 Å². The maximum Gasteiger partial charge on any atom is 0.326 e. The number of fused-ring (bicyclic) bond motifs is 1. The number of carbonyl (C=O) groups is 3. The van der Waals surface area contributed by atoms with E-state index in [-0.39, 0.29) is 5.92 Å². The second-order valence-corrected chi connectivity index (χ2v) is 7.11. The average molecular weight is 405 g/mol. The van der Waals surface area contributed by atoms with Crippen molar-refractivity contribution in [3.8, 4) is 11.5 Å². The maximum atomic E-state index is 12.8. The number of amides is 2. The van der Waals surface area contributed by atoms with E-state index in [1.54, 1.807) is 50.8 Å². The number of aromatic nitrogens is 1. The van der Waals surface area contributed by atoms with E-state index in [2.05, 4.69) is 10.6 Å². The van der Waals surface area contributed by atoms with Gasteiger partial charge in [0.2, 0.25) is 5.91 Å². The van der Waals surface area contributed by atoms with Crippen molar-refractivity contribution in [3.63, 3.8) is 0 Å². The van der Waals surface area contributed by atoms with Gasteiger partial charge >= 0.3 is 5.97 Å². The molecule has 0 saturated heterocycles. The first-order valence-electron chi connectivity index (χ1n) is 9.16. The Morgan fingerprint density at radius 2 is 1.69 bits per heavy atom. The summed E-state index contributed by atoms with van der Waals surface area (Å²) in [7, 11) is 4.79. The van der Waals surface area contributed by atoms with Gasteiger partial charge in [0.25, 0.3) is 5.91 Å². The molecule has 0 bridgehead atoms. The van der Waals surface area contributed by atoms with Crippen molar-refractivity contribution >= 4 is 28.7 Å². The standard InChI is InChI=1S/C20H27N3O6/c1-10(2)17(20(26)27)22-18(24)11(3)21-19(25)15-9-13-14(23(15)4)7-12(28-5)8-16(13)29-6/h7-11,17H,1-6H3,(H,21,25)(H,22,24)(H,26,27)/t11-,17-/m0/s1. The van der Waals surface area contributed by atoms with Crippen LogP contribution in [-0.4, -0.2) is 53.8 Å². The van der Waals surface area contributed by atoms with Gasteiger partial charge in [0.15, 0.2) is 0 Å². The summed E-state index contributed by atoms with van der Waals surface area (Å²) >= 11 is 0. The molecule has 0 fully saturated rings. The molecule has 2 rings (SSSR count). The Hall–Kier alpha value is -3.23. The molecule has 0 saturated carbocycles. The third-order valence-electron chi connectivity index (χ3n) is 4.76. The lowest BCUT2D eigenvalue weighted by molar-refractivity contribution is -0.143. The lowest BCUT2D eigenvalue weighted by Gasteiger charge is -2.21. The van der Waals surface area contributed by atoms with Crippen LogP contribution in [0.4, 0.5) is 0 Å². The predicted octanol–water partition coefficient (Wildman–Crippen LogP) is 1.54. The SMILES string of the molecule is COc1cc(OC)c2cc(C(=O)N[C@@H](C)C(=O)N[C@H](C(=O)O)C(C)C)n(C)c2c1. The Kier molecular flexibility index (Phi) is 6.73. The topological polar surface area (TPSA) is 119 Å². The van der Waals surface area contributed by atoms with Crippen molar-refractivity contribution in [2.45, 2.75) is 32.9 Å². The number of ether oxygens (including phenoxy) is 2. The summed E-state index contributed by atoms with van der Waals surface area (Å²) < 4.78 is 12.3. The van der Waals surface area contributed by atoms with E-state index in [1.807, 2.05) is 0 Å². The molecule has 2 atom stereocenters. The van der Waals surface area contributed by atoms with Gasteiger partial charge in [-0.2, -0.15) is 0 Å². The molecule has 1 heterocycles. The smallest absolute Gasteiger partial charge is 0.326 e. The summed E-state index contributed by atoms with van der Waals surface area (Å²) in [5, 5.41) is 15.0. The number of nitrogens with zero attached hydrogens (tertiary/aromatic N) is 1. The van der Waals surface area contributed by atoms with Gasteiger partial charge < -0.3 is 29.8 Å². The van der Waals surface area contributed by atoms with Crippen LogP contribution in [0.15, 0.2) is 18.2 Å². The highest BCUT2D eigenvalue weighted by Gasteiger charge is 2.27. The van der Waals surface area contributed by atoms with Crippen molar-refractivity contribution in [1.82, 2.24) is 15.2 Å². The highest BCUT2D eigenvalue weighted by Crippen LogP contribution is 2.33. The second kappa shape index (κ2) is 8.85. The number of rotatable bonds is 8. The molecule has 29 heavy (non-hydrogen) atoms. The Balaban J connectivity index is 2.24. The van der Waals surface area contributed by atoms with Crippen molar-refractivity contribution in [3.05, 3.63) is 23.9 Å². The molecule has 0 aliphatic carbocycles. The molecule has 0 aliphatic rings. The number of methoxy groups -OCH3 is 2. The fourth-order valence-corrected chi connectivity index (χ4v) is 3.01. The highest BCUT2D eigenvalue weighted by atomic mass is 16.5. The van der Waals surface area contributed by atoms with E-state index >= 15 is 0 Å². The first-order valence-corrected chi connectivity index (χ1v) is 9.16. The van der Waals surface area contributed by atoms with Gasteiger partial charge in [-0.15, -0.1) is 0 Å². The van der Waals surface area contributed by atoms with E-state index in [4.69, 9.17) is 9.47 Å². The van der Waals surface area contributed by atoms with Crippen LogP contribution in [0.2, 0.25) is 0 Å². The minimum atomic E-state index is -1.12. The molecular weight excluding hydrogens is 378 g/mol. The zero-order chi connectivity index (χ0) is 21.9. The summed E-state index contributed by atoms with van der Waals surface area (Å²) in [6.45, 7) is 4.89. The maximum absolute atomic E-state index is 12.8. The highest BCUT2D eigenvalue weighted by molar-refractivity contribution is 6.02. The van der Waals surface area contributed by atoms with Gasteiger partial charge in [0, 0.05) is 24.6 Å². The molecule has 0 unspecified atom stereocenters. The fraction of sp³-hybridized carbons (Fsp3) is 0.450. The monoisotopic (exact) mass is 405 g/mol. The third-order valence-corrected chi connectivity index (χ3v) is 4.76. The number of hydrogen-bond acceptors (Lipinski definition) is 5. The molecule has 0 spiro atoms. The Morgan fingerprint density at radius 3 is 2.21 bits per heavy atom. The van der Waals surface area contributed by atoms with E-state index in [0.29, 0.717) is 17.2 Å².